The molecule has 0 aliphatic rings. The molecule has 0 atom stereocenters. The highest BCUT2D eigenvalue weighted by atomic mass is 16.5. The van der Waals surface area contributed by atoms with E-state index in [1.54, 1.807) is 0 Å². The van der Waals surface area contributed by atoms with E-state index in [2.05, 4.69) is 16.5 Å². The summed E-state index contributed by atoms with van der Waals surface area (Å²) in [4.78, 5) is 4.55. The van der Waals surface area contributed by atoms with Gasteiger partial charge < -0.3 is 14.5 Å². The van der Waals surface area contributed by atoms with Crippen LogP contribution in [0.2, 0.25) is 0 Å². The molecule has 0 amide bonds. The first kappa shape index (κ1) is 13.6. The minimum Gasteiger partial charge on any atom is -0.494 e. The molecule has 0 bridgehead atoms. The van der Waals surface area contributed by atoms with Crippen LogP contribution in [0.4, 0.5) is 0 Å². The fraction of sp³-hybridized carbons (Fsp3) is 0.235. The monoisotopic (exact) mass is 281 g/mol. The van der Waals surface area contributed by atoms with E-state index in [1.165, 1.54) is 0 Å². The van der Waals surface area contributed by atoms with Crippen molar-refractivity contribution < 1.29 is 4.74 Å². The van der Waals surface area contributed by atoms with Gasteiger partial charge in [-0.25, -0.2) is 4.98 Å². The van der Waals surface area contributed by atoms with Gasteiger partial charge in [-0.3, -0.25) is 0 Å². The van der Waals surface area contributed by atoms with Crippen LogP contribution in [0.1, 0.15) is 12.1 Å². The van der Waals surface area contributed by atoms with Crippen LogP contribution in [-0.2, 0) is 6.54 Å². The smallest absolute Gasteiger partial charge is 0.137 e. The Bertz CT molecular complexity index is 646. The van der Waals surface area contributed by atoms with Crippen LogP contribution in [0.25, 0.3) is 5.65 Å². The minimum atomic E-state index is 0.724. The van der Waals surface area contributed by atoms with E-state index in [-0.39, 0.29) is 0 Å². The molecule has 4 heteroatoms. The number of hydrogen-bond donors (Lipinski definition) is 1. The zero-order chi connectivity index (χ0) is 14.3. The van der Waals surface area contributed by atoms with Crippen LogP contribution in [0.5, 0.6) is 5.75 Å². The molecule has 0 unspecified atom stereocenters. The van der Waals surface area contributed by atoms with Crippen LogP contribution in [0.3, 0.4) is 0 Å². The van der Waals surface area contributed by atoms with Crippen molar-refractivity contribution in [3.63, 3.8) is 0 Å². The van der Waals surface area contributed by atoms with Crippen molar-refractivity contribution in [1.82, 2.24) is 14.7 Å². The van der Waals surface area contributed by atoms with Crippen molar-refractivity contribution in [2.45, 2.75) is 13.0 Å². The predicted molar refractivity (Wildman–Crippen MR) is 83.5 cm³/mol. The molecule has 108 valence electrons. The second-order valence-corrected chi connectivity index (χ2v) is 4.89. The Hall–Kier alpha value is -2.33. The maximum atomic E-state index is 5.65. The Morgan fingerprint density at radius 3 is 2.76 bits per heavy atom. The first-order chi connectivity index (χ1) is 10.4. The van der Waals surface area contributed by atoms with Crippen molar-refractivity contribution in [1.29, 1.82) is 0 Å². The van der Waals surface area contributed by atoms with Gasteiger partial charge in [0, 0.05) is 18.9 Å². The second kappa shape index (κ2) is 6.90. The van der Waals surface area contributed by atoms with Gasteiger partial charge in [-0.15, -0.1) is 0 Å². The summed E-state index contributed by atoms with van der Waals surface area (Å²) in [5.41, 5.74) is 2.05. The zero-order valence-electron chi connectivity index (χ0n) is 11.9. The molecule has 3 rings (SSSR count). The lowest BCUT2D eigenvalue weighted by molar-refractivity contribution is 0.308. The molecule has 4 nitrogen and oxygen atoms in total. The number of pyridine rings is 1. The summed E-state index contributed by atoms with van der Waals surface area (Å²) < 4.78 is 7.68. The number of benzene rings is 1. The molecule has 0 fully saturated rings. The lowest BCUT2D eigenvalue weighted by Gasteiger charge is -2.06. The van der Waals surface area contributed by atoms with E-state index < -0.39 is 0 Å². The Labute approximate surface area is 124 Å². The number of aromatic nitrogens is 2. The van der Waals surface area contributed by atoms with Gasteiger partial charge in [0.2, 0.25) is 0 Å². The predicted octanol–water partition coefficient (Wildman–Crippen LogP) is 2.89. The van der Waals surface area contributed by atoms with Crippen molar-refractivity contribution in [3.05, 3.63) is 66.6 Å². The first-order valence-electron chi connectivity index (χ1n) is 7.23. The van der Waals surface area contributed by atoms with Gasteiger partial charge in [0.1, 0.15) is 11.4 Å². The van der Waals surface area contributed by atoms with Gasteiger partial charge in [-0.1, -0.05) is 24.3 Å². The molecule has 2 heterocycles. The van der Waals surface area contributed by atoms with E-state index >= 15 is 0 Å². The summed E-state index contributed by atoms with van der Waals surface area (Å²) in [5.74, 6) is 0.929. The number of para-hydroxylation sites is 1. The molecular formula is C17H19N3O. The van der Waals surface area contributed by atoms with Gasteiger partial charge in [-0.05, 0) is 37.2 Å². The van der Waals surface area contributed by atoms with Crippen LogP contribution >= 0.6 is 0 Å². The molecule has 0 radical (unpaired) electrons. The quantitative estimate of drug-likeness (QED) is 0.677. The Kier molecular flexibility index (Phi) is 4.49. The van der Waals surface area contributed by atoms with Gasteiger partial charge >= 0.3 is 0 Å². The highest BCUT2D eigenvalue weighted by molar-refractivity contribution is 5.39. The Balaban J connectivity index is 1.36. The lowest BCUT2D eigenvalue weighted by atomic mass is 10.3. The number of fused-ring (bicyclic) bond motifs is 1. The third-order valence-corrected chi connectivity index (χ3v) is 3.23. The van der Waals surface area contributed by atoms with E-state index in [9.17, 15) is 0 Å². The summed E-state index contributed by atoms with van der Waals surface area (Å²) in [5, 5.41) is 3.39. The number of imidazole rings is 1. The Morgan fingerprint density at radius 1 is 1.05 bits per heavy atom. The van der Waals surface area contributed by atoms with Crippen molar-refractivity contribution in [3.8, 4) is 5.75 Å². The van der Waals surface area contributed by atoms with Crippen LogP contribution in [0.15, 0.2) is 60.9 Å². The highest BCUT2D eigenvalue weighted by Gasteiger charge is 2.00. The summed E-state index contributed by atoms with van der Waals surface area (Å²) in [6, 6.07) is 15.9. The molecule has 0 spiro atoms. The largest absolute Gasteiger partial charge is 0.494 e. The van der Waals surface area contributed by atoms with Crippen molar-refractivity contribution in [2.24, 2.45) is 0 Å². The topological polar surface area (TPSA) is 38.6 Å². The number of nitrogens with one attached hydrogen (secondary N) is 1. The van der Waals surface area contributed by atoms with E-state index in [1.807, 2.05) is 59.1 Å². The van der Waals surface area contributed by atoms with Crippen LogP contribution in [-0.4, -0.2) is 22.5 Å². The van der Waals surface area contributed by atoms with Gasteiger partial charge in [-0.2, -0.15) is 0 Å². The molecule has 2 aromatic heterocycles. The van der Waals surface area contributed by atoms with Gasteiger partial charge in [0.05, 0.1) is 12.3 Å². The molecule has 3 aromatic rings. The van der Waals surface area contributed by atoms with E-state index in [0.29, 0.717) is 0 Å². The molecule has 1 aromatic carbocycles. The third-order valence-electron chi connectivity index (χ3n) is 3.23. The van der Waals surface area contributed by atoms with Gasteiger partial charge in [0.25, 0.3) is 0 Å². The average molecular weight is 281 g/mol. The summed E-state index contributed by atoms with van der Waals surface area (Å²) in [7, 11) is 0. The highest BCUT2D eigenvalue weighted by Crippen LogP contribution is 2.08. The Morgan fingerprint density at radius 2 is 1.90 bits per heavy atom. The molecular weight excluding hydrogens is 262 g/mol. The van der Waals surface area contributed by atoms with Crippen LogP contribution < -0.4 is 10.1 Å². The molecule has 0 saturated heterocycles. The third kappa shape index (κ3) is 3.83. The lowest BCUT2D eigenvalue weighted by Crippen LogP contribution is -2.17. The number of rotatable bonds is 7. The average Bonchev–Trinajstić information content (AvgIpc) is 2.94. The number of nitrogens with zero attached hydrogens (tertiary/aromatic N) is 2. The fourth-order valence-corrected chi connectivity index (χ4v) is 2.19. The minimum absolute atomic E-state index is 0.724. The first-order valence-corrected chi connectivity index (χ1v) is 7.23. The number of ether oxygens (including phenoxy) is 1. The molecule has 0 aliphatic carbocycles. The normalized spacial score (nSPS) is 10.9. The number of hydrogen-bond acceptors (Lipinski definition) is 3. The summed E-state index contributed by atoms with van der Waals surface area (Å²) >= 11 is 0. The van der Waals surface area contributed by atoms with Crippen molar-refractivity contribution in [2.75, 3.05) is 13.2 Å². The van der Waals surface area contributed by atoms with Crippen molar-refractivity contribution >= 4 is 5.65 Å². The fourth-order valence-electron chi connectivity index (χ4n) is 2.19. The second-order valence-electron chi connectivity index (χ2n) is 4.89. The maximum Gasteiger partial charge on any atom is 0.137 e. The SMILES string of the molecule is c1ccc(OCCCNCc2cn3ccccc3n2)cc1. The zero-order valence-corrected chi connectivity index (χ0v) is 11.9. The van der Waals surface area contributed by atoms with Gasteiger partial charge in [0.15, 0.2) is 0 Å². The van der Waals surface area contributed by atoms with E-state index in [4.69, 9.17) is 4.74 Å². The summed E-state index contributed by atoms with van der Waals surface area (Å²) in [6.45, 7) is 2.43. The molecule has 21 heavy (non-hydrogen) atoms. The maximum absolute atomic E-state index is 5.65. The van der Waals surface area contributed by atoms with Crippen LogP contribution in [0, 0.1) is 0 Å². The molecule has 0 saturated carbocycles. The van der Waals surface area contributed by atoms with E-state index in [0.717, 1.165) is 43.2 Å². The molecule has 1 N–H and O–H groups in total. The standard InChI is InChI=1S/C17H19N3O/c1-2-7-16(8-3-1)21-12-6-10-18-13-15-14-20-11-5-4-9-17(20)19-15/h1-5,7-9,11,14,18H,6,10,12-13H2. The summed E-state index contributed by atoms with van der Waals surface area (Å²) in [6.07, 6.45) is 5.05. The molecule has 0 aliphatic heterocycles.